The number of carboxylic acids is 1. The van der Waals surface area contributed by atoms with Crippen LogP contribution in [-0.2, 0) is 14.2 Å². The van der Waals surface area contributed by atoms with Gasteiger partial charge in [-0.25, -0.2) is 4.79 Å². The molecule has 0 amide bonds. The molecule has 0 aromatic rings. The normalized spacial score (nSPS) is 13.9. The second kappa shape index (κ2) is 4.65. The van der Waals surface area contributed by atoms with E-state index in [0.29, 0.717) is 0 Å². The van der Waals surface area contributed by atoms with E-state index in [9.17, 15) is 36.4 Å². The molecule has 12 heteroatoms. The van der Waals surface area contributed by atoms with Gasteiger partial charge in [-0.05, 0) is 0 Å². The maximum Gasteiger partial charge on any atom is 0.425 e. The van der Waals surface area contributed by atoms with Gasteiger partial charge in [0.15, 0.2) is 0 Å². The van der Waals surface area contributed by atoms with Crippen LogP contribution in [0.2, 0.25) is 0 Å². The Morgan fingerprint density at radius 1 is 1.12 bits per heavy atom. The maximum atomic E-state index is 12.1. The summed E-state index contributed by atoms with van der Waals surface area (Å²) < 4.78 is 70.1. The summed E-state index contributed by atoms with van der Waals surface area (Å²) in [5.41, 5.74) is 0. The SMILES string of the molecule is O=C(O)C(SOO[O-])(C(F)(F)F)C(F)(F)F. The van der Waals surface area contributed by atoms with Crippen LogP contribution in [0.25, 0.3) is 0 Å². The van der Waals surface area contributed by atoms with Crippen molar-refractivity contribution in [1.29, 1.82) is 0 Å². The number of hydrogen-bond acceptors (Lipinski definition) is 5. The van der Waals surface area contributed by atoms with E-state index in [2.05, 4.69) is 9.37 Å². The zero-order chi connectivity index (χ0) is 13.2. The van der Waals surface area contributed by atoms with Gasteiger partial charge in [-0.2, -0.15) is 30.7 Å². The number of aliphatic carboxylic acids is 1. The Bertz CT molecular complexity index is 247. The topological polar surface area (TPSA) is 78.8 Å². The van der Waals surface area contributed by atoms with Crippen LogP contribution in [0, 0.1) is 0 Å². The third kappa shape index (κ3) is 2.50. The standard InChI is InChI=1S/C4H2F6O5S/c5-3(6,7)2(1(11)12,4(8,9)10)16-15-14-13/h13H,(H,11,12)/p-1. The first-order valence-electron chi connectivity index (χ1n) is 3.02. The molecule has 0 saturated carbocycles. The Hall–Kier alpha value is -0.720. The van der Waals surface area contributed by atoms with Gasteiger partial charge in [-0.1, -0.05) is 0 Å². The highest BCUT2D eigenvalue weighted by atomic mass is 32.2. The van der Waals surface area contributed by atoms with Crippen molar-refractivity contribution in [1.82, 2.24) is 0 Å². The molecule has 0 unspecified atom stereocenters. The predicted octanol–water partition coefficient (Wildman–Crippen LogP) is 0.806. The van der Waals surface area contributed by atoms with Gasteiger partial charge in [0.1, 0.15) is 0 Å². The summed E-state index contributed by atoms with van der Waals surface area (Å²) in [6.07, 6.45) is -12.5. The molecule has 0 rings (SSSR count). The van der Waals surface area contributed by atoms with Crippen molar-refractivity contribution in [2.45, 2.75) is 17.1 Å². The van der Waals surface area contributed by atoms with E-state index in [1.54, 1.807) is 0 Å². The second-order valence-electron chi connectivity index (χ2n) is 2.20. The van der Waals surface area contributed by atoms with Gasteiger partial charge >= 0.3 is 23.1 Å². The fraction of sp³-hybridized carbons (Fsp3) is 0.750. The third-order valence-corrected chi connectivity index (χ3v) is 2.30. The Morgan fingerprint density at radius 3 is 1.69 bits per heavy atom. The number of carbonyl (C=O) groups is 1. The molecular weight excluding hydrogens is 274 g/mol. The van der Waals surface area contributed by atoms with E-state index in [1.807, 2.05) is 0 Å². The molecule has 1 N–H and O–H groups in total. The molecule has 0 bridgehead atoms. The summed E-state index contributed by atoms with van der Waals surface area (Å²) in [4.78, 5) is 10.1. The summed E-state index contributed by atoms with van der Waals surface area (Å²) in [6, 6.07) is 0. The molecule has 0 radical (unpaired) electrons. The molecule has 0 aliphatic rings. The molecule has 0 spiro atoms. The van der Waals surface area contributed by atoms with Gasteiger partial charge in [0, 0.05) is 0 Å². The molecule has 0 aromatic heterocycles. The minimum absolute atomic E-state index is 1.69. The molecule has 0 atom stereocenters. The van der Waals surface area contributed by atoms with E-state index < -0.39 is 35.1 Å². The smallest absolute Gasteiger partial charge is 0.425 e. The number of halogens is 6. The van der Waals surface area contributed by atoms with E-state index in [0.717, 1.165) is 0 Å². The fourth-order valence-electron chi connectivity index (χ4n) is 0.598. The van der Waals surface area contributed by atoms with Crippen LogP contribution in [-0.4, -0.2) is 28.2 Å². The van der Waals surface area contributed by atoms with E-state index in [-0.39, 0.29) is 0 Å². The van der Waals surface area contributed by atoms with Gasteiger partial charge in [-0.3, -0.25) is 5.04 Å². The molecule has 0 heterocycles. The Labute approximate surface area is 87.0 Å². The Morgan fingerprint density at radius 2 is 1.50 bits per heavy atom. The van der Waals surface area contributed by atoms with Crippen molar-refractivity contribution in [3.8, 4) is 0 Å². The van der Waals surface area contributed by atoms with Crippen molar-refractivity contribution in [3.63, 3.8) is 0 Å². The van der Waals surface area contributed by atoms with Gasteiger partial charge in [0.25, 0.3) is 0 Å². The maximum absolute atomic E-state index is 12.1. The van der Waals surface area contributed by atoms with Crippen LogP contribution in [0.5, 0.6) is 0 Å². The molecule has 0 aromatic carbocycles. The Balaban J connectivity index is 5.52. The number of carboxylic acid groups (broad SMARTS) is 1. The van der Waals surface area contributed by atoms with E-state index >= 15 is 0 Å². The van der Waals surface area contributed by atoms with E-state index in [4.69, 9.17) is 5.11 Å². The van der Waals surface area contributed by atoms with Gasteiger partial charge in [-0.15, -0.1) is 0 Å². The van der Waals surface area contributed by atoms with Gasteiger partial charge in [0.05, 0.1) is 12.0 Å². The number of rotatable bonds is 4. The summed E-state index contributed by atoms with van der Waals surface area (Å²) in [6.45, 7) is 0. The molecule has 0 aliphatic heterocycles. The van der Waals surface area contributed by atoms with Gasteiger partial charge < -0.3 is 10.4 Å². The van der Waals surface area contributed by atoms with Crippen molar-refractivity contribution in [2.24, 2.45) is 0 Å². The molecule has 0 fully saturated rings. The first-order chi connectivity index (χ1) is 7.00. The quantitative estimate of drug-likeness (QED) is 0.354. The molecule has 0 saturated heterocycles. The lowest BCUT2D eigenvalue weighted by atomic mass is 10.1. The number of alkyl halides is 6. The summed E-state index contributed by atoms with van der Waals surface area (Å²) >= 11 is -1.69. The van der Waals surface area contributed by atoms with Crippen LogP contribution in [0.3, 0.4) is 0 Å². The summed E-state index contributed by atoms with van der Waals surface area (Å²) in [7, 11) is 0. The highest BCUT2D eigenvalue weighted by Crippen LogP contribution is 2.52. The van der Waals surface area contributed by atoms with Gasteiger partial charge in [0.2, 0.25) is 0 Å². The first-order valence-corrected chi connectivity index (χ1v) is 3.76. The third-order valence-electron chi connectivity index (χ3n) is 1.29. The fourth-order valence-corrected chi connectivity index (χ4v) is 0.988. The van der Waals surface area contributed by atoms with E-state index in [1.165, 1.54) is 0 Å². The molecule has 5 nitrogen and oxygen atoms in total. The van der Waals surface area contributed by atoms with Crippen molar-refractivity contribution in [3.05, 3.63) is 0 Å². The average Bonchev–Trinajstić information content (AvgIpc) is 1.99. The van der Waals surface area contributed by atoms with Crippen molar-refractivity contribution in [2.75, 3.05) is 0 Å². The highest BCUT2D eigenvalue weighted by Gasteiger charge is 2.78. The highest BCUT2D eigenvalue weighted by molar-refractivity contribution is 7.96. The van der Waals surface area contributed by atoms with Crippen LogP contribution >= 0.6 is 12.0 Å². The molecule has 0 aliphatic carbocycles. The lowest BCUT2D eigenvalue weighted by Crippen LogP contribution is -2.60. The van der Waals surface area contributed by atoms with Crippen molar-refractivity contribution >= 4 is 18.0 Å². The Kier molecular flexibility index (Phi) is 4.44. The lowest BCUT2D eigenvalue weighted by Gasteiger charge is -2.31. The zero-order valence-electron chi connectivity index (χ0n) is 6.76. The minimum Gasteiger partial charge on any atom is -0.691 e. The number of hydrogen-bond donors (Lipinski definition) is 1. The largest absolute Gasteiger partial charge is 0.691 e. The first kappa shape index (κ1) is 15.3. The minimum atomic E-state index is -6.24. The average molecular weight is 275 g/mol. The van der Waals surface area contributed by atoms with Crippen LogP contribution in [0.1, 0.15) is 0 Å². The van der Waals surface area contributed by atoms with Crippen molar-refractivity contribution < 1.29 is 50.9 Å². The monoisotopic (exact) mass is 275 g/mol. The van der Waals surface area contributed by atoms with Crippen LogP contribution in [0.15, 0.2) is 0 Å². The van der Waals surface area contributed by atoms with Crippen LogP contribution < -0.4 is 5.26 Å². The molecular formula is C4HF6O5S-. The summed E-state index contributed by atoms with van der Waals surface area (Å²) in [5.74, 6) is -3.28. The molecule has 16 heavy (non-hydrogen) atoms. The molecule has 96 valence electrons. The summed E-state index contributed by atoms with van der Waals surface area (Å²) in [5, 5.41) is 19.5. The lowest BCUT2D eigenvalue weighted by molar-refractivity contribution is -0.777. The van der Waals surface area contributed by atoms with Crippen LogP contribution in [0.4, 0.5) is 26.3 Å². The second-order valence-corrected chi connectivity index (χ2v) is 3.12. The zero-order valence-corrected chi connectivity index (χ0v) is 7.57. The predicted molar refractivity (Wildman–Crippen MR) is 32.2 cm³/mol.